The first-order valence-electron chi connectivity index (χ1n) is 10.2. The summed E-state index contributed by atoms with van der Waals surface area (Å²) in [7, 11) is 5.65. The second kappa shape index (κ2) is 10.8. The van der Waals surface area contributed by atoms with Crippen molar-refractivity contribution in [3.8, 4) is 5.75 Å². The van der Waals surface area contributed by atoms with E-state index in [4.69, 9.17) is 21.3 Å². The molecular formula is C23H29ClN6O. The maximum atomic E-state index is 6.02. The van der Waals surface area contributed by atoms with Crippen LogP contribution in [0.1, 0.15) is 22.8 Å². The lowest BCUT2D eigenvalue weighted by Gasteiger charge is -2.23. The summed E-state index contributed by atoms with van der Waals surface area (Å²) in [6.07, 6.45) is 0.876. The van der Waals surface area contributed by atoms with Gasteiger partial charge in [0.05, 0.1) is 7.11 Å². The van der Waals surface area contributed by atoms with Crippen LogP contribution >= 0.6 is 11.6 Å². The molecule has 1 N–H and O–H groups in total. The Kier molecular flexibility index (Phi) is 7.89. The summed E-state index contributed by atoms with van der Waals surface area (Å²) in [5.41, 5.74) is 2.39. The van der Waals surface area contributed by atoms with Gasteiger partial charge in [-0.3, -0.25) is 0 Å². The van der Waals surface area contributed by atoms with E-state index in [2.05, 4.69) is 32.5 Å². The number of aryl methyl sites for hydroxylation is 1. The van der Waals surface area contributed by atoms with Gasteiger partial charge in [-0.05, 0) is 48.7 Å². The first kappa shape index (κ1) is 22.6. The molecule has 0 aliphatic carbocycles. The molecule has 0 aliphatic heterocycles. The Balaban J connectivity index is 1.68. The molecule has 0 aliphatic rings. The van der Waals surface area contributed by atoms with Crippen LogP contribution in [0.2, 0.25) is 5.02 Å². The van der Waals surface area contributed by atoms with Crippen molar-refractivity contribution in [2.45, 2.75) is 26.4 Å². The third-order valence-corrected chi connectivity index (χ3v) is 5.36. The number of aromatic nitrogens is 3. The Bertz CT molecular complexity index is 998. The average Bonchev–Trinajstić information content (AvgIpc) is 3.10. The molecule has 7 nitrogen and oxygen atoms in total. The number of guanidine groups is 1. The van der Waals surface area contributed by atoms with Gasteiger partial charge in [-0.2, -0.15) is 0 Å². The number of ether oxygens (including phenoxy) is 1. The minimum absolute atomic E-state index is 0.452. The Labute approximate surface area is 188 Å². The quantitative estimate of drug-likeness (QED) is 0.428. The van der Waals surface area contributed by atoms with E-state index >= 15 is 0 Å². The molecule has 1 aromatic heterocycles. The van der Waals surface area contributed by atoms with Gasteiger partial charge in [-0.1, -0.05) is 35.9 Å². The number of aliphatic imine (C=N–C) groups is 1. The zero-order valence-electron chi connectivity index (χ0n) is 18.5. The second-order valence-corrected chi connectivity index (χ2v) is 7.81. The number of nitrogens with one attached hydrogen (secondary N) is 1. The smallest absolute Gasteiger partial charge is 0.194 e. The van der Waals surface area contributed by atoms with E-state index in [9.17, 15) is 0 Å². The molecular weight excluding hydrogens is 412 g/mol. The highest BCUT2D eigenvalue weighted by atomic mass is 35.5. The van der Waals surface area contributed by atoms with Crippen LogP contribution in [-0.4, -0.2) is 46.3 Å². The lowest BCUT2D eigenvalue weighted by Crippen LogP contribution is -2.39. The number of nitrogens with zero attached hydrogens (tertiary/aromatic N) is 5. The highest BCUT2D eigenvalue weighted by molar-refractivity contribution is 6.30. The maximum Gasteiger partial charge on any atom is 0.194 e. The van der Waals surface area contributed by atoms with E-state index < -0.39 is 0 Å². The van der Waals surface area contributed by atoms with Gasteiger partial charge in [-0.25, -0.2) is 4.99 Å². The summed E-state index contributed by atoms with van der Waals surface area (Å²) in [6, 6.07) is 16.0. The third-order valence-electron chi connectivity index (χ3n) is 5.10. The molecule has 3 rings (SSSR count). The SMILES string of the molecule is COc1ccc(CCNC(=NCc2nnc(C)n2C)N(C)Cc2ccc(Cl)cc2)cc1. The first-order chi connectivity index (χ1) is 15.0. The Morgan fingerprint density at radius 3 is 2.39 bits per heavy atom. The van der Waals surface area contributed by atoms with Crippen molar-refractivity contribution in [1.82, 2.24) is 25.0 Å². The molecule has 0 spiro atoms. The summed E-state index contributed by atoms with van der Waals surface area (Å²) < 4.78 is 7.19. The van der Waals surface area contributed by atoms with Crippen LogP contribution in [-0.2, 0) is 26.6 Å². The normalized spacial score (nSPS) is 11.5. The predicted octanol–water partition coefficient (Wildman–Crippen LogP) is 3.61. The van der Waals surface area contributed by atoms with Crippen LogP contribution in [0.3, 0.4) is 0 Å². The van der Waals surface area contributed by atoms with Gasteiger partial charge in [-0.15, -0.1) is 10.2 Å². The van der Waals surface area contributed by atoms with Gasteiger partial charge in [0.2, 0.25) is 0 Å². The maximum absolute atomic E-state index is 6.02. The minimum atomic E-state index is 0.452. The molecule has 0 saturated carbocycles. The van der Waals surface area contributed by atoms with Crippen molar-refractivity contribution in [1.29, 1.82) is 0 Å². The number of rotatable bonds is 8. The van der Waals surface area contributed by atoms with Crippen molar-refractivity contribution in [2.75, 3.05) is 20.7 Å². The zero-order chi connectivity index (χ0) is 22.2. The van der Waals surface area contributed by atoms with Crippen LogP contribution < -0.4 is 10.1 Å². The number of halogens is 1. The topological polar surface area (TPSA) is 67.6 Å². The average molecular weight is 441 g/mol. The standard InChI is InChI=1S/C23H29ClN6O/c1-17-27-28-22(30(17)3)15-26-23(29(2)16-19-5-9-20(24)10-6-19)25-14-13-18-7-11-21(31-4)12-8-18/h5-12H,13-16H2,1-4H3,(H,25,26). The summed E-state index contributed by atoms with van der Waals surface area (Å²) in [5.74, 6) is 3.37. The van der Waals surface area contributed by atoms with Crippen molar-refractivity contribution in [3.63, 3.8) is 0 Å². The Hall–Kier alpha value is -3.06. The summed E-state index contributed by atoms with van der Waals surface area (Å²) in [4.78, 5) is 6.90. The van der Waals surface area contributed by atoms with Crippen molar-refractivity contribution in [3.05, 3.63) is 76.3 Å². The van der Waals surface area contributed by atoms with E-state index in [-0.39, 0.29) is 0 Å². The van der Waals surface area contributed by atoms with Gasteiger partial charge in [0.25, 0.3) is 0 Å². The molecule has 0 atom stereocenters. The second-order valence-electron chi connectivity index (χ2n) is 7.37. The summed E-state index contributed by atoms with van der Waals surface area (Å²) in [6.45, 7) is 3.85. The van der Waals surface area contributed by atoms with Crippen LogP contribution in [0.25, 0.3) is 0 Å². The van der Waals surface area contributed by atoms with E-state index in [1.165, 1.54) is 5.56 Å². The molecule has 8 heteroatoms. The Morgan fingerprint density at radius 2 is 1.77 bits per heavy atom. The van der Waals surface area contributed by atoms with Gasteiger partial charge < -0.3 is 19.5 Å². The number of benzene rings is 2. The summed E-state index contributed by atoms with van der Waals surface area (Å²) >= 11 is 6.02. The molecule has 1 heterocycles. The molecule has 0 amide bonds. The van der Waals surface area contributed by atoms with Gasteiger partial charge >= 0.3 is 0 Å². The predicted molar refractivity (Wildman–Crippen MR) is 124 cm³/mol. The molecule has 0 bridgehead atoms. The van der Waals surface area contributed by atoms with E-state index in [0.717, 1.165) is 46.9 Å². The monoisotopic (exact) mass is 440 g/mol. The van der Waals surface area contributed by atoms with Crippen LogP contribution in [0.5, 0.6) is 5.75 Å². The molecule has 0 unspecified atom stereocenters. The van der Waals surface area contributed by atoms with E-state index in [0.29, 0.717) is 13.1 Å². The fourth-order valence-electron chi connectivity index (χ4n) is 3.10. The lowest BCUT2D eigenvalue weighted by atomic mass is 10.1. The van der Waals surface area contributed by atoms with Gasteiger partial charge in [0.15, 0.2) is 11.8 Å². The van der Waals surface area contributed by atoms with Gasteiger partial charge in [0, 0.05) is 32.2 Å². The molecule has 3 aromatic rings. The molecule has 164 valence electrons. The fraction of sp³-hybridized carbons (Fsp3) is 0.348. The number of hydrogen-bond donors (Lipinski definition) is 1. The zero-order valence-corrected chi connectivity index (χ0v) is 19.2. The fourth-order valence-corrected chi connectivity index (χ4v) is 3.22. The van der Waals surface area contributed by atoms with Crippen molar-refractivity contribution >= 4 is 17.6 Å². The van der Waals surface area contributed by atoms with Crippen LogP contribution in [0.15, 0.2) is 53.5 Å². The molecule has 0 radical (unpaired) electrons. The molecule has 31 heavy (non-hydrogen) atoms. The number of hydrogen-bond acceptors (Lipinski definition) is 4. The van der Waals surface area contributed by atoms with Gasteiger partial charge in [0.1, 0.15) is 18.1 Å². The van der Waals surface area contributed by atoms with Crippen LogP contribution in [0.4, 0.5) is 0 Å². The largest absolute Gasteiger partial charge is 0.497 e. The first-order valence-corrected chi connectivity index (χ1v) is 10.6. The highest BCUT2D eigenvalue weighted by Gasteiger charge is 2.10. The highest BCUT2D eigenvalue weighted by Crippen LogP contribution is 2.13. The van der Waals surface area contributed by atoms with E-state index in [1.807, 2.05) is 62.0 Å². The minimum Gasteiger partial charge on any atom is -0.497 e. The Morgan fingerprint density at radius 1 is 1.10 bits per heavy atom. The number of methoxy groups -OCH3 is 1. The van der Waals surface area contributed by atoms with Crippen molar-refractivity contribution in [2.24, 2.45) is 12.0 Å². The van der Waals surface area contributed by atoms with Crippen LogP contribution in [0, 0.1) is 6.92 Å². The lowest BCUT2D eigenvalue weighted by molar-refractivity contribution is 0.414. The molecule has 2 aromatic carbocycles. The van der Waals surface area contributed by atoms with Crippen molar-refractivity contribution < 1.29 is 4.74 Å². The third kappa shape index (κ3) is 6.46. The molecule has 0 saturated heterocycles. The molecule has 0 fully saturated rings. The summed E-state index contributed by atoms with van der Waals surface area (Å²) in [5, 5.41) is 12.6. The van der Waals surface area contributed by atoms with E-state index in [1.54, 1.807) is 7.11 Å².